The first-order valence-corrected chi connectivity index (χ1v) is 12.1. The van der Waals surface area contributed by atoms with Gasteiger partial charge < -0.3 is 14.5 Å². The van der Waals surface area contributed by atoms with E-state index in [1.807, 2.05) is 17.2 Å². The number of hydrogen-bond donors (Lipinski definition) is 0. The van der Waals surface area contributed by atoms with Gasteiger partial charge >= 0.3 is 0 Å². The van der Waals surface area contributed by atoms with Crippen LogP contribution in [0.15, 0.2) is 30.5 Å². The number of benzene rings is 1. The Balaban J connectivity index is 0.00000289. The van der Waals surface area contributed by atoms with Crippen molar-refractivity contribution in [3.05, 3.63) is 36.0 Å². The zero-order chi connectivity index (χ0) is 21.6. The van der Waals surface area contributed by atoms with Gasteiger partial charge in [0.2, 0.25) is 5.91 Å². The molecule has 0 saturated carbocycles. The normalized spacial score (nSPS) is 18.5. The van der Waals surface area contributed by atoms with Crippen LogP contribution in [0.5, 0.6) is 5.75 Å². The third-order valence-corrected chi connectivity index (χ3v) is 6.95. The van der Waals surface area contributed by atoms with Crippen LogP contribution in [0.2, 0.25) is 0 Å². The highest BCUT2D eigenvalue weighted by atomic mass is 35.5. The second kappa shape index (κ2) is 11.9. The molecule has 0 aliphatic carbocycles. The number of pyridine rings is 1. The van der Waals surface area contributed by atoms with Crippen molar-refractivity contribution in [2.24, 2.45) is 5.92 Å². The third-order valence-electron chi connectivity index (χ3n) is 6.95. The molecule has 2 fully saturated rings. The molecule has 2 saturated heterocycles. The molecule has 3 heterocycles. The number of unbranched alkanes of at least 4 members (excludes halogenated alkanes) is 1. The standard InChI is InChI=1S/C26H37N3O2.ClH/c1-3-4-6-22-17-23-7-5-12-27-26(23)25(18-22)31-24-10-13-28(14-11-24)19-21-8-15-29(16-9-21)20(2)30;/h5,7,12,17-18,21,24H,3-4,6,8-11,13-16,19H2,1-2H3;1H. The first-order valence-electron chi connectivity index (χ1n) is 12.1. The SMILES string of the molecule is CCCCc1cc(OC2CCN(CC3CCN(C(C)=O)CC3)CC2)c2ncccc2c1.Cl. The van der Waals surface area contributed by atoms with E-state index in [0.29, 0.717) is 0 Å². The Labute approximate surface area is 198 Å². The summed E-state index contributed by atoms with van der Waals surface area (Å²) in [6, 6.07) is 8.64. The van der Waals surface area contributed by atoms with E-state index in [1.165, 1.54) is 23.8 Å². The Kier molecular flexibility index (Phi) is 9.18. The lowest BCUT2D eigenvalue weighted by Crippen LogP contribution is -2.44. The number of carbonyl (C=O) groups is 1. The lowest BCUT2D eigenvalue weighted by molar-refractivity contribution is -0.130. The molecular formula is C26H38ClN3O2. The van der Waals surface area contributed by atoms with Gasteiger partial charge in [0.25, 0.3) is 0 Å². The Hall–Kier alpha value is -1.85. The van der Waals surface area contributed by atoms with Gasteiger partial charge in [-0.25, -0.2) is 0 Å². The largest absolute Gasteiger partial charge is 0.488 e. The monoisotopic (exact) mass is 459 g/mol. The van der Waals surface area contributed by atoms with E-state index in [-0.39, 0.29) is 24.4 Å². The van der Waals surface area contributed by atoms with E-state index in [4.69, 9.17) is 4.74 Å². The van der Waals surface area contributed by atoms with Gasteiger partial charge in [0.15, 0.2) is 0 Å². The predicted octanol–water partition coefficient (Wildman–Crippen LogP) is 5.10. The number of ether oxygens (including phenoxy) is 1. The summed E-state index contributed by atoms with van der Waals surface area (Å²) in [6.45, 7) is 9.12. The maximum absolute atomic E-state index is 11.5. The molecule has 2 aliphatic rings. The Morgan fingerprint density at radius 1 is 1.12 bits per heavy atom. The van der Waals surface area contributed by atoms with E-state index < -0.39 is 0 Å². The quantitative estimate of drug-likeness (QED) is 0.577. The Morgan fingerprint density at radius 3 is 2.56 bits per heavy atom. The van der Waals surface area contributed by atoms with E-state index >= 15 is 0 Å². The number of hydrogen-bond acceptors (Lipinski definition) is 4. The van der Waals surface area contributed by atoms with Crippen LogP contribution in [0.4, 0.5) is 0 Å². The summed E-state index contributed by atoms with van der Waals surface area (Å²) in [6.07, 6.45) is 10.0. The summed E-state index contributed by atoms with van der Waals surface area (Å²) in [7, 11) is 0. The maximum Gasteiger partial charge on any atom is 0.219 e. The molecule has 2 aliphatic heterocycles. The average Bonchev–Trinajstić information content (AvgIpc) is 2.79. The van der Waals surface area contributed by atoms with Crippen molar-refractivity contribution in [2.75, 3.05) is 32.7 Å². The number of amides is 1. The fraction of sp³-hybridized carbons (Fsp3) is 0.615. The van der Waals surface area contributed by atoms with Crippen molar-refractivity contribution in [1.82, 2.24) is 14.8 Å². The van der Waals surface area contributed by atoms with Crippen molar-refractivity contribution >= 4 is 29.2 Å². The van der Waals surface area contributed by atoms with E-state index in [0.717, 1.165) is 82.0 Å². The number of likely N-dealkylation sites (tertiary alicyclic amines) is 2. The van der Waals surface area contributed by atoms with Gasteiger partial charge in [-0.3, -0.25) is 9.78 Å². The molecule has 176 valence electrons. The number of carbonyl (C=O) groups excluding carboxylic acids is 1. The fourth-order valence-electron chi connectivity index (χ4n) is 5.02. The molecule has 5 nitrogen and oxygen atoms in total. The molecule has 32 heavy (non-hydrogen) atoms. The summed E-state index contributed by atoms with van der Waals surface area (Å²) in [5.74, 6) is 1.90. The Morgan fingerprint density at radius 2 is 1.88 bits per heavy atom. The molecule has 0 unspecified atom stereocenters. The number of fused-ring (bicyclic) bond motifs is 1. The summed E-state index contributed by atoms with van der Waals surface area (Å²) < 4.78 is 6.53. The second-order valence-corrected chi connectivity index (χ2v) is 9.34. The van der Waals surface area contributed by atoms with Crippen LogP contribution in [0.25, 0.3) is 10.9 Å². The zero-order valence-corrected chi connectivity index (χ0v) is 20.4. The van der Waals surface area contributed by atoms with E-state index in [1.54, 1.807) is 6.92 Å². The number of aryl methyl sites for hydroxylation is 1. The molecule has 1 aromatic heterocycles. The summed E-state index contributed by atoms with van der Waals surface area (Å²) in [4.78, 5) is 20.7. The van der Waals surface area contributed by atoms with Gasteiger partial charge in [0.05, 0.1) is 0 Å². The van der Waals surface area contributed by atoms with Crippen molar-refractivity contribution in [3.63, 3.8) is 0 Å². The van der Waals surface area contributed by atoms with Gasteiger partial charge in [-0.2, -0.15) is 0 Å². The minimum Gasteiger partial charge on any atom is -0.488 e. The summed E-state index contributed by atoms with van der Waals surface area (Å²) in [5.41, 5.74) is 2.34. The average molecular weight is 460 g/mol. The molecule has 1 aromatic carbocycles. The first kappa shape index (κ1) is 24.8. The van der Waals surface area contributed by atoms with Gasteiger partial charge in [0.1, 0.15) is 17.4 Å². The van der Waals surface area contributed by atoms with Crippen LogP contribution in [0, 0.1) is 5.92 Å². The number of piperidine rings is 2. The molecule has 2 aromatic rings. The highest BCUT2D eigenvalue weighted by Crippen LogP contribution is 2.30. The third kappa shape index (κ3) is 6.35. The number of nitrogens with zero attached hydrogens (tertiary/aromatic N) is 3. The van der Waals surface area contributed by atoms with Crippen LogP contribution >= 0.6 is 12.4 Å². The molecule has 4 rings (SSSR count). The smallest absolute Gasteiger partial charge is 0.219 e. The van der Waals surface area contributed by atoms with Gasteiger partial charge in [-0.15, -0.1) is 12.4 Å². The van der Waals surface area contributed by atoms with Crippen LogP contribution in [-0.2, 0) is 11.2 Å². The molecule has 6 heteroatoms. The van der Waals surface area contributed by atoms with Crippen LogP contribution < -0.4 is 4.74 Å². The maximum atomic E-state index is 11.5. The minimum absolute atomic E-state index is 0. The minimum atomic E-state index is 0. The molecular weight excluding hydrogens is 422 g/mol. The summed E-state index contributed by atoms with van der Waals surface area (Å²) in [5, 5.41) is 1.18. The highest BCUT2D eigenvalue weighted by molar-refractivity contribution is 5.85. The van der Waals surface area contributed by atoms with Crippen LogP contribution in [0.3, 0.4) is 0 Å². The Bertz CT molecular complexity index is 875. The van der Waals surface area contributed by atoms with Crippen LogP contribution in [0.1, 0.15) is 57.9 Å². The summed E-state index contributed by atoms with van der Waals surface area (Å²) >= 11 is 0. The van der Waals surface area contributed by atoms with Crippen molar-refractivity contribution in [1.29, 1.82) is 0 Å². The molecule has 0 N–H and O–H groups in total. The number of halogens is 1. The van der Waals surface area contributed by atoms with Crippen molar-refractivity contribution < 1.29 is 9.53 Å². The fourth-order valence-corrected chi connectivity index (χ4v) is 5.02. The molecule has 0 spiro atoms. The van der Waals surface area contributed by atoms with Crippen molar-refractivity contribution in [2.45, 2.75) is 64.9 Å². The van der Waals surface area contributed by atoms with Gasteiger partial charge in [0, 0.05) is 51.2 Å². The number of aromatic nitrogens is 1. The zero-order valence-electron chi connectivity index (χ0n) is 19.6. The first-order chi connectivity index (χ1) is 15.1. The topological polar surface area (TPSA) is 45.7 Å². The lowest BCUT2D eigenvalue weighted by Gasteiger charge is -2.37. The predicted molar refractivity (Wildman–Crippen MR) is 133 cm³/mol. The van der Waals surface area contributed by atoms with Gasteiger partial charge in [-0.05, 0) is 68.2 Å². The van der Waals surface area contributed by atoms with Crippen LogP contribution in [-0.4, -0.2) is 59.5 Å². The number of rotatable bonds is 7. The van der Waals surface area contributed by atoms with Gasteiger partial charge in [-0.1, -0.05) is 19.4 Å². The molecule has 0 atom stereocenters. The highest BCUT2D eigenvalue weighted by Gasteiger charge is 2.26. The van der Waals surface area contributed by atoms with E-state index in [2.05, 4.69) is 35.0 Å². The second-order valence-electron chi connectivity index (χ2n) is 9.34. The van der Waals surface area contributed by atoms with E-state index in [9.17, 15) is 4.79 Å². The molecule has 0 bridgehead atoms. The lowest BCUT2D eigenvalue weighted by atomic mass is 9.95. The molecule has 0 radical (unpaired) electrons. The molecule has 1 amide bonds. The van der Waals surface area contributed by atoms with Crippen molar-refractivity contribution in [3.8, 4) is 5.75 Å².